The predicted octanol–water partition coefficient (Wildman–Crippen LogP) is 3.92. The molecule has 0 spiro atoms. The Kier molecular flexibility index (Phi) is 5.23. The van der Waals surface area contributed by atoms with E-state index in [-0.39, 0.29) is 24.3 Å². The van der Waals surface area contributed by atoms with Gasteiger partial charge in [-0.25, -0.2) is 9.78 Å². The summed E-state index contributed by atoms with van der Waals surface area (Å²) in [5.74, 6) is 1.02. The third-order valence-corrected chi connectivity index (χ3v) is 5.57. The van der Waals surface area contributed by atoms with Gasteiger partial charge >= 0.3 is 6.09 Å². The number of aromatic nitrogens is 1. The number of carbonyl (C=O) groups is 1. The van der Waals surface area contributed by atoms with Crippen LogP contribution in [0.5, 0.6) is 0 Å². The topological polar surface area (TPSA) is 54.9 Å². The van der Waals surface area contributed by atoms with Crippen LogP contribution in [0.3, 0.4) is 0 Å². The minimum absolute atomic E-state index is 0.0768. The molecule has 0 N–H and O–H groups in total. The van der Waals surface area contributed by atoms with Gasteiger partial charge in [0.2, 0.25) is 0 Å². The largest absolute Gasteiger partial charge is 0.444 e. The second-order valence-electron chi connectivity index (χ2n) is 8.22. The van der Waals surface area contributed by atoms with Crippen LogP contribution in [0, 0.1) is 0 Å². The molecule has 0 bridgehead atoms. The fourth-order valence-electron chi connectivity index (χ4n) is 3.76. The van der Waals surface area contributed by atoms with Crippen molar-refractivity contribution < 1.29 is 14.3 Å². The molecule has 0 aromatic carbocycles. The highest BCUT2D eigenvalue weighted by molar-refractivity contribution is 9.10. The summed E-state index contributed by atoms with van der Waals surface area (Å²) in [6.45, 7) is 11.1. The van der Waals surface area contributed by atoms with Gasteiger partial charge < -0.3 is 19.3 Å². The summed E-state index contributed by atoms with van der Waals surface area (Å²) in [5.41, 5.74) is 1.65. The van der Waals surface area contributed by atoms with Gasteiger partial charge in [0, 0.05) is 30.7 Å². The van der Waals surface area contributed by atoms with Crippen LogP contribution in [0.15, 0.2) is 10.5 Å². The Hall–Kier alpha value is -1.34. The molecule has 3 rings (SSSR count). The van der Waals surface area contributed by atoms with Crippen LogP contribution in [-0.4, -0.2) is 53.9 Å². The van der Waals surface area contributed by atoms with E-state index in [0.717, 1.165) is 22.4 Å². The molecule has 1 aromatic heterocycles. The van der Waals surface area contributed by atoms with Crippen LogP contribution in [0.2, 0.25) is 0 Å². The van der Waals surface area contributed by atoms with Crippen LogP contribution in [0.1, 0.15) is 52.0 Å². The molecule has 144 valence electrons. The van der Waals surface area contributed by atoms with E-state index < -0.39 is 5.60 Å². The smallest absolute Gasteiger partial charge is 0.410 e. The number of fused-ring (bicyclic) bond motifs is 3. The summed E-state index contributed by atoms with van der Waals surface area (Å²) in [4.78, 5) is 21.6. The van der Waals surface area contributed by atoms with E-state index in [4.69, 9.17) is 14.5 Å². The molecule has 3 heterocycles. The lowest BCUT2D eigenvalue weighted by atomic mass is 10.1. The van der Waals surface area contributed by atoms with Crippen molar-refractivity contribution in [2.75, 3.05) is 25.1 Å². The van der Waals surface area contributed by atoms with Crippen LogP contribution in [0.25, 0.3) is 0 Å². The summed E-state index contributed by atoms with van der Waals surface area (Å²) < 4.78 is 12.0. The summed E-state index contributed by atoms with van der Waals surface area (Å²) in [7, 11) is 1.69. The standard InChI is InChI=1S/C19H28BrN3O3/c1-11-9-22(18(24)26-19(3,4)5)10-14-7-13-8-15(20)16(12(2)25-6)21-17(13)23(11)14/h8,11-12,14H,7,9-10H2,1-6H3/t11-,12?,14-/m1/s1. The van der Waals surface area contributed by atoms with Crippen LogP contribution in [0.4, 0.5) is 10.6 Å². The summed E-state index contributed by atoms with van der Waals surface area (Å²) in [5, 5.41) is 0. The molecule has 3 atom stereocenters. The zero-order chi connectivity index (χ0) is 19.2. The van der Waals surface area contributed by atoms with Gasteiger partial charge in [-0.1, -0.05) is 0 Å². The Morgan fingerprint density at radius 1 is 1.38 bits per heavy atom. The van der Waals surface area contributed by atoms with Gasteiger partial charge in [-0.15, -0.1) is 0 Å². The van der Waals surface area contributed by atoms with E-state index in [1.165, 1.54) is 5.56 Å². The van der Waals surface area contributed by atoms with Crippen molar-refractivity contribution in [2.45, 2.75) is 64.8 Å². The van der Waals surface area contributed by atoms with Crippen molar-refractivity contribution in [3.63, 3.8) is 0 Å². The maximum Gasteiger partial charge on any atom is 0.410 e. The molecule has 0 saturated carbocycles. The third kappa shape index (κ3) is 3.69. The van der Waals surface area contributed by atoms with Crippen LogP contribution < -0.4 is 4.90 Å². The second-order valence-corrected chi connectivity index (χ2v) is 9.07. The first-order chi connectivity index (χ1) is 12.1. The molecule has 1 fully saturated rings. The van der Waals surface area contributed by atoms with Crippen LogP contribution >= 0.6 is 15.9 Å². The average molecular weight is 426 g/mol. The highest BCUT2D eigenvalue weighted by Gasteiger charge is 2.42. The molecule has 7 heteroatoms. The van der Waals surface area contributed by atoms with Gasteiger partial charge in [0.15, 0.2) is 0 Å². The fourth-order valence-corrected chi connectivity index (χ4v) is 4.45. The molecule has 0 aliphatic carbocycles. The molecule has 2 aliphatic heterocycles. The fraction of sp³-hybridized carbons (Fsp3) is 0.684. The first-order valence-electron chi connectivity index (χ1n) is 9.09. The number of amides is 1. The van der Waals surface area contributed by atoms with E-state index in [0.29, 0.717) is 13.1 Å². The van der Waals surface area contributed by atoms with Crippen molar-refractivity contribution in [1.29, 1.82) is 0 Å². The summed E-state index contributed by atoms with van der Waals surface area (Å²) >= 11 is 3.63. The first kappa shape index (κ1) is 19.4. The maximum absolute atomic E-state index is 12.5. The molecule has 1 aromatic rings. The van der Waals surface area contributed by atoms with E-state index in [2.05, 4.69) is 33.8 Å². The normalized spacial score (nSPS) is 23.5. The number of ether oxygens (including phenoxy) is 2. The quantitative estimate of drug-likeness (QED) is 0.718. The first-order valence-corrected chi connectivity index (χ1v) is 9.88. The lowest BCUT2D eigenvalue weighted by Gasteiger charge is -2.43. The van der Waals surface area contributed by atoms with Gasteiger partial charge in [-0.3, -0.25) is 0 Å². The Morgan fingerprint density at radius 2 is 2.08 bits per heavy atom. The SMILES string of the molecule is COC(C)c1nc2c(cc1Br)C[C@@H]1CN(C(=O)OC(C)(C)C)C[C@@H](C)N21. The molecule has 0 radical (unpaired) electrons. The van der Waals surface area contributed by atoms with E-state index in [1.54, 1.807) is 7.11 Å². The number of hydrogen-bond acceptors (Lipinski definition) is 5. The highest BCUT2D eigenvalue weighted by Crippen LogP contribution is 2.39. The van der Waals surface area contributed by atoms with E-state index >= 15 is 0 Å². The summed E-state index contributed by atoms with van der Waals surface area (Å²) in [6, 6.07) is 2.56. The van der Waals surface area contributed by atoms with Gasteiger partial charge in [-0.05, 0) is 68.6 Å². The molecular formula is C19H28BrN3O3. The zero-order valence-electron chi connectivity index (χ0n) is 16.4. The van der Waals surface area contributed by atoms with Crippen molar-refractivity contribution in [3.05, 3.63) is 21.8 Å². The molecular weight excluding hydrogens is 398 g/mol. The number of anilines is 1. The second kappa shape index (κ2) is 7.00. The average Bonchev–Trinajstić information content (AvgIpc) is 2.89. The number of hydrogen-bond donors (Lipinski definition) is 0. The molecule has 2 aliphatic rings. The molecule has 1 amide bonds. The maximum atomic E-state index is 12.5. The van der Waals surface area contributed by atoms with Crippen molar-refractivity contribution in [2.24, 2.45) is 0 Å². The summed E-state index contributed by atoms with van der Waals surface area (Å²) in [6.07, 6.45) is 0.571. The molecule has 26 heavy (non-hydrogen) atoms. The number of methoxy groups -OCH3 is 1. The monoisotopic (exact) mass is 425 g/mol. The Bertz CT molecular complexity index is 704. The Morgan fingerprint density at radius 3 is 2.69 bits per heavy atom. The van der Waals surface area contributed by atoms with Gasteiger partial charge in [0.1, 0.15) is 11.4 Å². The van der Waals surface area contributed by atoms with Gasteiger partial charge in [-0.2, -0.15) is 0 Å². The van der Waals surface area contributed by atoms with Crippen LogP contribution in [-0.2, 0) is 15.9 Å². The van der Waals surface area contributed by atoms with Crippen molar-refractivity contribution in [1.82, 2.24) is 9.88 Å². The number of rotatable bonds is 2. The third-order valence-electron chi connectivity index (χ3n) is 4.93. The van der Waals surface area contributed by atoms with E-state index in [1.807, 2.05) is 32.6 Å². The molecule has 1 saturated heterocycles. The van der Waals surface area contributed by atoms with E-state index in [9.17, 15) is 4.79 Å². The minimum Gasteiger partial charge on any atom is -0.444 e. The zero-order valence-corrected chi connectivity index (χ0v) is 18.0. The molecule has 1 unspecified atom stereocenters. The molecule has 6 nitrogen and oxygen atoms in total. The van der Waals surface area contributed by atoms with Crippen molar-refractivity contribution >= 4 is 27.8 Å². The number of carbonyl (C=O) groups excluding carboxylic acids is 1. The van der Waals surface area contributed by atoms with Crippen molar-refractivity contribution in [3.8, 4) is 0 Å². The lowest BCUT2D eigenvalue weighted by Crippen LogP contribution is -2.58. The Balaban J connectivity index is 1.83. The number of halogens is 1. The predicted molar refractivity (Wildman–Crippen MR) is 105 cm³/mol. The Labute approximate surface area is 164 Å². The lowest BCUT2D eigenvalue weighted by molar-refractivity contribution is 0.0191. The van der Waals surface area contributed by atoms with Gasteiger partial charge in [0.05, 0.1) is 17.8 Å². The van der Waals surface area contributed by atoms with Gasteiger partial charge in [0.25, 0.3) is 0 Å². The minimum atomic E-state index is -0.478. The number of nitrogens with zero attached hydrogens (tertiary/aromatic N) is 3. The highest BCUT2D eigenvalue weighted by atomic mass is 79.9. The number of pyridine rings is 1. The number of piperazine rings is 1.